The molecule has 0 radical (unpaired) electrons. The van der Waals surface area contributed by atoms with Crippen molar-refractivity contribution < 1.29 is 17.9 Å². The molecule has 11 heteroatoms. The van der Waals surface area contributed by atoms with Crippen molar-refractivity contribution >= 4 is 74.1 Å². The Bertz CT molecular complexity index is 661. The average molecular weight is 542 g/mol. The van der Waals surface area contributed by atoms with Crippen molar-refractivity contribution in [2.24, 2.45) is 5.92 Å². The number of amides is 1. The van der Waals surface area contributed by atoms with Gasteiger partial charge < -0.3 is 14.2 Å². The molecule has 31 heavy (non-hydrogen) atoms. The van der Waals surface area contributed by atoms with Gasteiger partial charge in [0.2, 0.25) is 5.91 Å². The van der Waals surface area contributed by atoms with Crippen molar-refractivity contribution in [3.63, 3.8) is 0 Å². The van der Waals surface area contributed by atoms with Crippen LogP contribution in [-0.4, -0.2) is 53.7 Å². The van der Waals surface area contributed by atoms with Crippen LogP contribution in [0.5, 0.6) is 0 Å². The third-order valence-corrected chi connectivity index (χ3v) is 17.6. The Balaban J connectivity index is 2.00. The summed E-state index contributed by atoms with van der Waals surface area (Å²) in [7, 11) is -3.81. The lowest BCUT2D eigenvalue weighted by molar-refractivity contribution is -0.136. The second-order valence-corrected chi connectivity index (χ2v) is 22.8. The summed E-state index contributed by atoms with van der Waals surface area (Å²) in [6.45, 7) is 17.7. The van der Waals surface area contributed by atoms with E-state index in [0.29, 0.717) is 6.42 Å². The molecule has 1 amide bonds. The highest BCUT2D eigenvalue weighted by Gasteiger charge is 2.44. The van der Waals surface area contributed by atoms with E-state index in [1.807, 2.05) is 0 Å². The van der Waals surface area contributed by atoms with Crippen LogP contribution >= 0.6 is 35.7 Å². The second-order valence-electron chi connectivity index (χ2n) is 10.6. The van der Waals surface area contributed by atoms with Crippen LogP contribution in [0.1, 0.15) is 60.8 Å². The first kappa shape index (κ1) is 28.0. The minimum absolute atomic E-state index is 0.0436. The molecule has 0 spiro atoms. The van der Waals surface area contributed by atoms with Crippen molar-refractivity contribution in [2.45, 2.75) is 100 Å². The zero-order valence-electron chi connectivity index (χ0n) is 20.1. The summed E-state index contributed by atoms with van der Waals surface area (Å²) < 4.78 is 25.9. The summed E-state index contributed by atoms with van der Waals surface area (Å²) in [6, 6.07) is 0. The quantitative estimate of drug-likeness (QED) is 0.206. The minimum atomic E-state index is -1.51. The smallest absolute Gasteiger partial charge is 0.227 e. The lowest BCUT2D eigenvalue weighted by Crippen LogP contribution is -2.58. The predicted octanol–water partition coefficient (Wildman–Crippen LogP) is 4.74. The maximum absolute atomic E-state index is 12.4. The number of hydrogen-bond acceptors (Lipinski definition) is 7. The highest BCUT2D eigenvalue weighted by Crippen LogP contribution is 2.39. The van der Waals surface area contributed by atoms with Crippen molar-refractivity contribution in [3.8, 4) is 0 Å². The van der Waals surface area contributed by atoms with Gasteiger partial charge >= 0.3 is 0 Å². The normalized spacial score (nSPS) is 29.7. The van der Waals surface area contributed by atoms with E-state index in [9.17, 15) is 9.00 Å². The number of thioether (sulfide) groups is 2. The molecule has 2 aliphatic heterocycles. The zero-order valence-corrected chi connectivity index (χ0v) is 25.6. The van der Waals surface area contributed by atoms with E-state index < -0.39 is 28.9 Å². The highest BCUT2D eigenvalue weighted by atomic mass is 32.3. The highest BCUT2D eigenvalue weighted by molar-refractivity contribution is 8.49. The summed E-state index contributed by atoms with van der Waals surface area (Å²) in [5.74, 6) is 0.641. The molecule has 0 saturated carbocycles. The van der Waals surface area contributed by atoms with Crippen LogP contribution in [0, 0.1) is 5.92 Å². The SMILES string of the molecule is C[SiH](OC(C[C@H]1C(=O)N[C@@H]1SC(=S)SC1CCCS1=O)O[SiH](C)C(C)(C)C)C(C)(C)C. The first-order chi connectivity index (χ1) is 14.2. The van der Waals surface area contributed by atoms with Crippen LogP contribution in [0.2, 0.25) is 23.2 Å². The van der Waals surface area contributed by atoms with E-state index in [-0.39, 0.29) is 38.1 Å². The van der Waals surface area contributed by atoms with E-state index in [1.54, 1.807) is 0 Å². The lowest BCUT2D eigenvalue weighted by Gasteiger charge is -2.41. The van der Waals surface area contributed by atoms with Crippen molar-refractivity contribution in [3.05, 3.63) is 0 Å². The summed E-state index contributed by atoms with van der Waals surface area (Å²) >= 11 is 8.61. The van der Waals surface area contributed by atoms with Gasteiger partial charge in [0.1, 0.15) is 9.82 Å². The Labute approximate surface area is 208 Å². The van der Waals surface area contributed by atoms with E-state index in [1.165, 1.54) is 23.5 Å². The van der Waals surface area contributed by atoms with Crippen LogP contribution in [0.4, 0.5) is 0 Å². The van der Waals surface area contributed by atoms with Crippen LogP contribution in [-0.2, 0) is 24.4 Å². The summed E-state index contributed by atoms with van der Waals surface area (Å²) in [4.78, 5) is 12.4. The van der Waals surface area contributed by atoms with Gasteiger partial charge in [-0.2, -0.15) is 0 Å². The number of rotatable bonds is 8. The van der Waals surface area contributed by atoms with E-state index in [4.69, 9.17) is 21.1 Å². The van der Waals surface area contributed by atoms with Crippen LogP contribution < -0.4 is 5.32 Å². The van der Waals surface area contributed by atoms with Crippen molar-refractivity contribution in [2.75, 3.05) is 5.75 Å². The molecule has 2 fully saturated rings. The van der Waals surface area contributed by atoms with Crippen molar-refractivity contribution in [1.29, 1.82) is 0 Å². The Hall–Kier alpha value is 0.764. The molecule has 0 aromatic heterocycles. The molecule has 2 rings (SSSR count). The topological polar surface area (TPSA) is 64.6 Å². The predicted molar refractivity (Wildman–Crippen MR) is 145 cm³/mol. The molecule has 180 valence electrons. The van der Waals surface area contributed by atoms with Gasteiger partial charge in [-0.3, -0.25) is 9.00 Å². The van der Waals surface area contributed by atoms with Crippen molar-refractivity contribution in [1.82, 2.24) is 5.32 Å². The Morgan fingerprint density at radius 2 is 1.71 bits per heavy atom. The number of carbonyl (C=O) groups excluding carboxylic acids is 1. The number of nitrogens with one attached hydrogen (secondary N) is 1. The molecular formula is C20H39NO4S4Si2. The van der Waals surface area contributed by atoms with Crippen LogP contribution in [0.3, 0.4) is 0 Å². The molecule has 2 saturated heterocycles. The third kappa shape index (κ3) is 8.49. The Morgan fingerprint density at radius 3 is 2.13 bits per heavy atom. The third-order valence-electron chi connectivity index (χ3n) is 6.11. The zero-order chi connectivity index (χ0) is 23.6. The Kier molecular flexibility index (Phi) is 10.4. The average Bonchev–Trinajstić information content (AvgIpc) is 3.02. The Morgan fingerprint density at radius 1 is 1.16 bits per heavy atom. The van der Waals surface area contributed by atoms with Gasteiger partial charge in [-0.15, -0.1) is 0 Å². The molecule has 2 heterocycles. The maximum Gasteiger partial charge on any atom is 0.227 e. The summed E-state index contributed by atoms with van der Waals surface area (Å²) in [6.07, 6.45) is 2.17. The molecule has 5 nitrogen and oxygen atoms in total. The summed E-state index contributed by atoms with van der Waals surface area (Å²) in [5.41, 5.74) is 0. The fourth-order valence-corrected chi connectivity index (χ4v) is 10.5. The second kappa shape index (κ2) is 11.5. The fourth-order valence-electron chi connectivity index (χ4n) is 2.95. The van der Waals surface area contributed by atoms with Gasteiger partial charge in [-0.05, 0) is 36.0 Å². The number of hydrogen-bond donors (Lipinski definition) is 1. The first-order valence-electron chi connectivity index (χ1n) is 11.0. The molecular weight excluding hydrogens is 503 g/mol. The number of carbonyl (C=O) groups is 1. The molecule has 6 atom stereocenters. The lowest BCUT2D eigenvalue weighted by atomic mass is 9.97. The maximum atomic E-state index is 12.4. The molecule has 0 aromatic rings. The standard InChI is InChI=1S/C20H39NO4S4Si2/c1-19(2,3)30(7)24-14(25-31(8)20(4,5)6)12-13-16(22)21-17(13)28-18(26)27-15-10-9-11-29(15)23/h13-15,17,30-31H,9-12H2,1-8H3,(H,21,22)/t13-,14?,15?,17+,29?,30?,31?/m0/s1. The molecule has 0 bridgehead atoms. The van der Waals surface area contributed by atoms with E-state index in [2.05, 4.69) is 60.0 Å². The molecule has 2 aliphatic rings. The molecule has 0 aliphatic carbocycles. The summed E-state index contributed by atoms with van der Waals surface area (Å²) in [5, 5.41) is 3.18. The van der Waals surface area contributed by atoms with Gasteiger partial charge in [-0.25, -0.2) is 0 Å². The number of thiocarbonyl (C=S) groups is 1. The largest absolute Gasteiger partial charge is 0.396 e. The van der Waals surface area contributed by atoms with Gasteiger partial charge in [-0.1, -0.05) is 77.3 Å². The van der Waals surface area contributed by atoms with Crippen LogP contribution in [0.15, 0.2) is 0 Å². The monoisotopic (exact) mass is 541 g/mol. The van der Waals surface area contributed by atoms with Gasteiger partial charge in [0, 0.05) is 23.0 Å². The van der Waals surface area contributed by atoms with E-state index >= 15 is 0 Å². The first-order valence-corrected chi connectivity index (χ1v) is 19.0. The molecule has 4 unspecified atom stereocenters. The number of β-lactam (4-membered cyclic amide) rings is 1. The fraction of sp³-hybridized carbons (Fsp3) is 0.900. The van der Waals surface area contributed by atoms with Gasteiger partial charge in [0.15, 0.2) is 18.1 Å². The minimum Gasteiger partial charge on any atom is -0.396 e. The van der Waals surface area contributed by atoms with Gasteiger partial charge in [0.05, 0.1) is 15.9 Å². The van der Waals surface area contributed by atoms with Crippen LogP contribution in [0.25, 0.3) is 0 Å². The van der Waals surface area contributed by atoms with E-state index in [0.717, 1.165) is 22.1 Å². The molecule has 1 N–H and O–H groups in total. The van der Waals surface area contributed by atoms with Gasteiger partial charge in [0.25, 0.3) is 0 Å². The molecule has 0 aromatic carbocycles.